The van der Waals surface area contributed by atoms with Gasteiger partial charge in [0.25, 0.3) is 0 Å². The molecule has 0 radical (unpaired) electrons. The summed E-state index contributed by atoms with van der Waals surface area (Å²) in [4.78, 5) is 18.2. The molecule has 0 saturated carbocycles. The van der Waals surface area contributed by atoms with E-state index in [0.717, 1.165) is 37.6 Å². The first-order chi connectivity index (χ1) is 12.7. The third-order valence-electron chi connectivity index (χ3n) is 4.56. The zero-order valence-electron chi connectivity index (χ0n) is 15.3. The lowest BCUT2D eigenvalue weighted by Crippen LogP contribution is -2.50. The highest BCUT2D eigenvalue weighted by atomic mass is 32.2. The minimum Gasteiger partial charge on any atom is -0.339 e. The zero-order valence-corrected chi connectivity index (χ0v) is 16.1. The average Bonchev–Trinajstić information content (AvgIpc) is 2.69. The molecule has 3 nitrogen and oxygen atoms in total. The van der Waals surface area contributed by atoms with Crippen molar-refractivity contribution in [1.82, 2.24) is 9.80 Å². The fourth-order valence-corrected chi connectivity index (χ4v) is 4.04. The van der Waals surface area contributed by atoms with Gasteiger partial charge < -0.3 is 4.90 Å². The highest BCUT2D eigenvalue weighted by molar-refractivity contribution is 8.00. The lowest BCUT2D eigenvalue weighted by molar-refractivity contribution is -0.131. The second-order valence-corrected chi connectivity index (χ2v) is 7.93. The summed E-state index contributed by atoms with van der Waals surface area (Å²) < 4.78 is 0. The van der Waals surface area contributed by atoms with E-state index in [1.807, 2.05) is 36.1 Å². The monoisotopic (exact) mass is 366 g/mol. The molecule has 2 aromatic carbocycles. The van der Waals surface area contributed by atoms with Crippen molar-refractivity contribution < 1.29 is 4.79 Å². The Balaban J connectivity index is 1.42. The van der Waals surface area contributed by atoms with Crippen LogP contribution in [0.1, 0.15) is 12.5 Å². The van der Waals surface area contributed by atoms with Crippen molar-refractivity contribution in [1.29, 1.82) is 0 Å². The van der Waals surface area contributed by atoms with Crippen LogP contribution in [-0.4, -0.2) is 53.7 Å². The number of nitrogens with zero attached hydrogens (tertiary/aromatic N) is 2. The molecule has 0 aliphatic carbocycles. The zero-order chi connectivity index (χ0) is 18.2. The van der Waals surface area contributed by atoms with Gasteiger partial charge in [0.15, 0.2) is 0 Å². The first-order valence-electron chi connectivity index (χ1n) is 9.17. The smallest absolute Gasteiger partial charge is 0.235 e. The van der Waals surface area contributed by atoms with Crippen molar-refractivity contribution in [2.45, 2.75) is 17.1 Å². The number of rotatable bonds is 6. The summed E-state index contributed by atoms with van der Waals surface area (Å²) in [6, 6.07) is 20.5. The van der Waals surface area contributed by atoms with Crippen LogP contribution >= 0.6 is 11.8 Å². The van der Waals surface area contributed by atoms with Crippen molar-refractivity contribution >= 4 is 23.7 Å². The maximum absolute atomic E-state index is 12.7. The van der Waals surface area contributed by atoms with Crippen molar-refractivity contribution in [2.24, 2.45) is 0 Å². The van der Waals surface area contributed by atoms with Gasteiger partial charge in [0, 0.05) is 37.6 Å². The van der Waals surface area contributed by atoms with E-state index in [1.165, 1.54) is 5.56 Å². The summed E-state index contributed by atoms with van der Waals surface area (Å²) in [5.41, 5.74) is 1.23. The molecular weight excluding hydrogens is 340 g/mol. The molecule has 0 bridgehead atoms. The fraction of sp³-hybridized carbons (Fsp3) is 0.318. The molecular formula is C22H26N2OS. The summed E-state index contributed by atoms with van der Waals surface area (Å²) in [6.07, 6.45) is 4.37. The van der Waals surface area contributed by atoms with Gasteiger partial charge in [-0.25, -0.2) is 0 Å². The Morgan fingerprint density at radius 3 is 2.27 bits per heavy atom. The van der Waals surface area contributed by atoms with Gasteiger partial charge in [0.05, 0.1) is 5.25 Å². The van der Waals surface area contributed by atoms with E-state index in [0.29, 0.717) is 0 Å². The molecule has 1 fully saturated rings. The van der Waals surface area contributed by atoms with Gasteiger partial charge in [0.1, 0.15) is 0 Å². The van der Waals surface area contributed by atoms with E-state index in [1.54, 1.807) is 11.8 Å². The molecule has 3 rings (SSSR count). The van der Waals surface area contributed by atoms with Crippen molar-refractivity contribution in [3.63, 3.8) is 0 Å². The summed E-state index contributed by atoms with van der Waals surface area (Å²) in [7, 11) is 0. The van der Waals surface area contributed by atoms with Gasteiger partial charge in [0.2, 0.25) is 5.91 Å². The van der Waals surface area contributed by atoms with E-state index in [4.69, 9.17) is 0 Å². The lowest BCUT2D eigenvalue weighted by atomic mass is 10.2. The molecule has 2 aromatic rings. The van der Waals surface area contributed by atoms with Crippen molar-refractivity contribution in [3.8, 4) is 0 Å². The molecule has 1 saturated heterocycles. The van der Waals surface area contributed by atoms with Crippen molar-refractivity contribution in [3.05, 3.63) is 72.3 Å². The second-order valence-electron chi connectivity index (χ2n) is 6.51. The quantitative estimate of drug-likeness (QED) is 0.721. The number of benzene rings is 2. The van der Waals surface area contributed by atoms with Crippen LogP contribution in [0, 0.1) is 0 Å². The molecule has 1 amide bonds. The number of hydrogen-bond acceptors (Lipinski definition) is 3. The lowest BCUT2D eigenvalue weighted by Gasteiger charge is -2.35. The van der Waals surface area contributed by atoms with Crippen LogP contribution in [0.3, 0.4) is 0 Å². The summed E-state index contributed by atoms with van der Waals surface area (Å²) >= 11 is 1.64. The molecule has 0 aromatic heterocycles. The van der Waals surface area contributed by atoms with Crippen LogP contribution in [-0.2, 0) is 4.79 Å². The Morgan fingerprint density at radius 1 is 1.00 bits per heavy atom. The fourth-order valence-electron chi connectivity index (χ4n) is 3.06. The third kappa shape index (κ3) is 5.48. The Bertz CT molecular complexity index is 709. The van der Waals surface area contributed by atoms with E-state index in [9.17, 15) is 4.79 Å². The molecule has 1 aliphatic rings. The largest absolute Gasteiger partial charge is 0.339 e. The van der Waals surface area contributed by atoms with Gasteiger partial charge in [-0.05, 0) is 24.6 Å². The highest BCUT2D eigenvalue weighted by Gasteiger charge is 2.25. The third-order valence-corrected chi connectivity index (χ3v) is 5.66. The predicted octanol–water partition coefficient (Wildman–Crippen LogP) is 4.02. The molecule has 26 heavy (non-hydrogen) atoms. The molecule has 0 spiro atoms. The summed E-state index contributed by atoms with van der Waals surface area (Å²) in [5.74, 6) is 0.248. The van der Waals surface area contributed by atoms with Gasteiger partial charge >= 0.3 is 0 Å². The molecule has 0 unspecified atom stereocenters. The van der Waals surface area contributed by atoms with E-state index in [2.05, 4.69) is 53.5 Å². The predicted molar refractivity (Wildman–Crippen MR) is 110 cm³/mol. The van der Waals surface area contributed by atoms with Crippen LogP contribution in [0.5, 0.6) is 0 Å². The Hall–Kier alpha value is -2.04. The Kier molecular flexibility index (Phi) is 6.92. The van der Waals surface area contributed by atoms with Crippen molar-refractivity contribution in [2.75, 3.05) is 32.7 Å². The maximum atomic E-state index is 12.7. The molecule has 1 atom stereocenters. The van der Waals surface area contributed by atoms with E-state index < -0.39 is 0 Å². The summed E-state index contributed by atoms with van der Waals surface area (Å²) in [5, 5.41) is -0.0399. The number of carbonyl (C=O) groups is 1. The number of carbonyl (C=O) groups excluding carboxylic acids is 1. The van der Waals surface area contributed by atoms with Gasteiger partial charge in [-0.15, -0.1) is 11.8 Å². The van der Waals surface area contributed by atoms with Gasteiger partial charge in [-0.3, -0.25) is 9.69 Å². The van der Waals surface area contributed by atoms with Gasteiger partial charge in [-0.2, -0.15) is 0 Å². The molecule has 4 heteroatoms. The van der Waals surface area contributed by atoms with Crippen LogP contribution in [0.4, 0.5) is 0 Å². The summed E-state index contributed by atoms with van der Waals surface area (Å²) in [6.45, 7) is 6.46. The van der Waals surface area contributed by atoms with Gasteiger partial charge in [-0.1, -0.05) is 60.7 Å². The van der Waals surface area contributed by atoms with Crippen LogP contribution < -0.4 is 0 Å². The normalized spacial score (nSPS) is 16.7. The second kappa shape index (κ2) is 9.60. The molecule has 1 aliphatic heterocycles. The number of amides is 1. The average molecular weight is 367 g/mol. The Labute approximate surface area is 160 Å². The standard InChI is InChI=1S/C22H26N2OS/c1-19(26-21-12-6-3-7-13-21)22(25)24-17-15-23(16-18-24)14-8-11-20-9-4-2-5-10-20/h2-13,19H,14-18H2,1H3/b11-8+/t19-/m1/s1. The minimum atomic E-state index is -0.0399. The molecule has 1 heterocycles. The minimum absolute atomic E-state index is 0.0399. The van der Waals surface area contributed by atoms with Crippen LogP contribution in [0.15, 0.2) is 71.6 Å². The molecule has 0 N–H and O–H groups in total. The van der Waals surface area contributed by atoms with E-state index in [-0.39, 0.29) is 11.2 Å². The Morgan fingerprint density at radius 2 is 1.62 bits per heavy atom. The number of thioether (sulfide) groups is 1. The topological polar surface area (TPSA) is 23.6 Å². The first kappa shape index (κ1) is 18.7. The van der Waals surface area contributed by atoms with E-state index >= 15 is 0 Å². The number of hydrogen-bond donors (Lipinski definition) is 0. The molecule has 136 valence electrons. The highest BCUT2D eigenvalue weighted by Crippen LogP contribution is 2.24. The SMILES string of the molecule is C[C@@H](Sc1ccccc1)C(=O)N1CCN(C/C=C/c2ccccc2)CC1. The number of piperazine rings is 1. The maximum Gasteiger partial charge on any atom is 0.235 e. The van der Waals surface area contributed by atoms with Crippen LogP contribution in [0.2, 0.25) is 0 Å². The first-order valence-corrected chi connectivity index (χ1v) is 10.0. The van der Waals surface area contributed by atoms with Crippen LogP contribution in [0.25, 0.3) is 6.08 Å².